The fraction of sp³-hybridized carbons (Fsp3) is 0.444. The van der Waals surface area contributed by atoms with Crippen LogP contribution in [0, 0.1) is 0 Å². The lowest BCUT2D eigenvalue weighted by Crippen LogP contribution is -2.44. The lowest BCUT2D eigenvalue weighted by Gasteiger charge is -2.21. The number of nitrogens with zero attached hydrogens (tertiary/aromatic N) is 2. The Balaban J connectivity index is 3.06. The molecular formula is C9H15N5O4S. The highest BCUT2D eigenvalue weighted by Gasteiger charge is 2.39. The molecule has 1 aromatic heterocycles. The minimum Gasteiger partial charge on any atom is -0.409 e. The molecule has 0 aromatic carbocycles. The largest absolute Gasteiger partial charge is 0.409 e. The van der Waals surface area contributed by atoms with Crippen molar-refractivity contribution in [3.8, 4) is 0 Å². The van der Waals surface area contributed by atoms with Gasteiger partial charge in [0, 0.05) is 6.26 Å². The maximum absolute atomic E-state index is 12.0. The number of aromatic nitrogens is 2. The standard InChI is InChI=1S/C9H15N5O4S/c1-9(2,19(3,17)18)8(15)12-7-5(4-11-13-7)6(10)14-16/h4,16H,1-3H3,(H2,10,14)(H2,11,12,13,15). The Labute approximate surface area is 109 Å². The predicted molar refractivity (Wildman–Crippen MR) is 68.7 cm³/mol. The van der Waals surface area contributed by atoms with Crippen LogP contribution in [0.15, 0.2) is 11.4 Å². The Morgan fingerprint density at radius 1 is 1.58 bits per heavy atom. The van der Waals surface area contributed by atoms with Crippen molar-refractivity contribution in [1.29, 1.82) is 0 Å². The van der Waals surface area contributed by atoms with Crippen LogP contribution in [-0.4, -0.2) is 46.6 Å². The molecule has 5 N–H and O–H groups in total. The van der Waals surface area contributed by atoms with Gasteiger partial charge in [-0.25, -0.2) is 8.42 Å². The lowest BCUT2D eigenvalue weighted by molar-refractivity contribution is -0.117. The van der Waals surface area contributed by atoms with E-state index in [2.05, 4.69) is 20.7 Å². The van der Waals surface area contributed by atoms with Crippen LogP contribution in [0.3, 0.4) is 0 Å². The number of aromatic amines is 1. The van der Waals surface area contributed by atoms with Gasteiger partial charge in [0.05, 0.1) is 11.8 Å². The Kier molecular flexibility index (Phi) is 3.84. The van der Waals surface area contributed by atoms with Crippen LogP contribution in [0.1, 0.15) is 19.4 Å². The van der Waals surface area contributed by atoms with Gasteiger partial charge in [-0.1, -0.05) is 5.16 Å². The third-order valence-corrected chi connectivity index (χ3v) is 4.77. The molecule has 0 saturated heterocycles. The average molecular weight is 289 g/mol. The molecule has 0 aliphatic carbocycles. The molecule has 1 rings (SSSR count). The summed E-state index contributed by atoms with van der Waals surface area (Å²) < 4.78 is 21.4. The van der Waals surface area contributed by atoms with Gasteiger partial charge in [-0.3, -0.25) is 9.89 Å². The zero-order chi connectivity index (χ0) is 14.8. The van der Waals surface area contributed by atoms with Crippen molar-refractivity contribution in [1.82, 2.24) is 10.2 Å². The fourth-order valence-electron chi connectivity index (χ4n) is 1.06. The molecule has 10 heteroatoms. The second-order valence-corrected chi connectivity index (χ2v) is 6.95. The van der Waals surface area contributed by atoms with Crippen LogP contribution in [0.5, 0.6) is 0 Å². The third kappa shape index (κ3) is 2.84. The number of amidine groups is 1. The number of sulfone groups is 1. The van der Waals surface area contributed by atoms with Gasteiger partial charge in [0.15, 0.2) is 15.7 Å². The monoisotopic (exact) mass is 289 g/mol. The Morgan fingerprint density at radius 2 is 2.16 bits per heavy atom. The first-order valence-electron chi connectivity index (χ1n) is 5.13. The van der Waals surface area contributed by atoms with Crippen molar-refractivity contribution in [2.24, 2.45) is 10.9 Å². The Hall–Kier alpha value is -2.10. The van der Waals surface area contributed by atoms with Crippen LogP contribution in [0.25, 0.3) is 0 Å². The van der Waals surface area contributed by atoms with E-state index in [1.165, 1.54) is 20.0 Å². The molecule has 0 atom stereocenters. The zero-order valence-corrected chi connectivity index (χ0v) is 11.4. The molecule has 0 fully saturated rings. The Morgan fingerprint density at radius 3 is 2.63 bits per heavy atom. The van der Waals surface area contributed by atoms with E-state index < -0.39 is 20.5 Å². The summed E-state index contributed by atoms with van der Waals surface area (Å²) in [4.78, 5) is 12.0. The zero-order valence-electron chi connectivity index (χ0n) is 10.6. The molecule has 0 bridgehead atoms. The van der Waals surface area contributed by atoms with Gasteiger partial charge in [0.25, 0.3) is 0 Å². The molecule has 0 aliphatic heterocycles. The highest BCUT2D eigenvalue weighted by molar-refractivity contribution is 7.92. The molecular weight excluding hydrogens is 274 g/mol. The maximum atomic E-state index is 12.0. The van der Waals surface area contributed by atoms with Crippen LogP contribution in [-0.2, 0) is 14.6 Å². The summed E-state index contributed by atoms with van der Waals surface area (Å²) in [6, 6.07) is 0. The van der Waals surface area contributed by atoms with E-state index in [0.29, 0.717) is 0 Å². The number of H-pyrrole nitrogens is 1. The van der Waals surface area contributed by atoms with Gasteiger partial charge < -0.3 is 16.3 Å². The summed E-state index contributed by atoms with van der Waals surface area (Å²) >= 11 is 0. The van der Waals surface area contributed by atoms with Crippen molar-refractivity contribution in [3.63, 3.8) is 0 Å². The highest BCUT2D eigenvalue weighted by atomic mass is 32.2. The molecule has 106 valence electrons. The minimum absolute atomic E-state index is 0.0528. The van der Waals surface area contributed by atoms with Crippen LogP contribution in [0.4, 0.5) is 5.82 Å². The molecule has 1 aromatic rings. The van der Waals surface area contributed by atoms with Crippen LogP contribution < -0.4 is 11.1 Å². The molecule has 1 heterocycles. The van der Waals surface area contributed by atoms with Crippen molar-refractivity contribution < 1.29 is 18.4 Å². The van der Waals surface area contributed by atoms with Crippen molar-refractivity contribution >= 4 is 27.4 Å². The average Bonchev–Trinajstić information content (AvgIpc) is 2.74. The first-order chi connectivity index (χ1) is 8.61. The van der Waals surface area contributed by atoms with E-state index in [0.717, 1.165) is 6.26 Å². The SMILES string of the molecule is CC(C)(C(=O)Nc1[nH]ncc1C(N)=NO)S(C)(=O)=O. The molecule has 0 saturated carbocycles. The number of hydrogen-bond donors (Lipinski definition) is 4. The predicted octanol–water partition coefficient (Wildman–Crippen LogP) is -0.734. The molecule has 0 unspecified atom stereocenters. The van der Waals surface area contributed by atoms with E-state index >= 15 is 0 Å². The summed E-state index contributed by atoms with van der Waals surface area (Å²) in [5.74, 6) is -0.968. The molecule has 9 nitrogen and oxygen atoms in total. The number of hydrogen-bond acceptors (Lipinski definition) is 6. The first kappa shape index (κ1) is 15.0. The van der Waals surface area contributed by atoms with Gasteiger partial charge in [0.1, 0.15) is 10.6 Å². The van der Waals surface area contributed by atoms with Gasteiger partial charge in [0.2, 0.25) is 5.91 Å². The molecule has 1 amide bonds. The normalized spacial score (nSPS) is 13.3. The topological polar surface area (TPSA) is 151 Å². The fourth-order valence-corrected chi connectivity index (χ4v) is 1.45. The maximum Gasteiger partial charge on any atom is 0.246 e. The molecule has 0 aliphatic rings. The number of nitrogens with two attached hydrogens (primary N) is 1. The number of rotatable bonds is 4. The van der Waals surface area contributed by atoms with Gasteiger partial charge >= 0.3 is 0 Å². The van der Waals surface area contributed by atoms with Gasteiger partial charge in [-0.2, -0.15) is 5.10 Å². The van der Waals surface area contributed by atoms with E-state index in [-0.39, 0.29) is 17.2 Å². The molecule has 0 radical (unpaired) electrons. The quantitative estimate of drug-likeness (QED) is 0.248. The van der Waals surface area contributed by atoms with E-state index in [1.54, 1.807) is 0 Å². The van der Waals surface area contributed by atoms with Crippen LogP contribution >= 0.6 is 0 Å². The third-order valence-electron chi connectivity index (χ3n) is 2.74. The van der Waals surface area contributed by atoms with E-state index in [9.17, 15) is 13.2 Å². The van der Waals surface area contributed by atoms with Gasteiger partial charge in [-0.15, -0.1) is 0 Å². The summed E-state index contributed by atoms with van der Waals surface area (Å²) in [6.07, 6.45) is 2.20. The van der Waals surface area contributed by atoms with Gasteiger partial charge in [-0.05, 0) is 13.8 Å². The molecule has 19 heavy (non-hydrogen) atoms. The summed E-state index contributed by atoms with van der Waals surface area (Å²) in [5, 5.41) is 19.7. The first-order valence-corrected chi connectivity index (χ1v) is 7.02. The van der Waals surface area contributed by atoms with Crippen molar-refractivity contribution in [3.05, 3.63) is 11.8 Å². The number of carbonyl (C=O) groups is 1. The Bertz CT molecular complexity index is 616. The van der Waals surface area contributed by atoms with E-state index in [1.807, 2.05) is 0 Å². The summed E-state index contributed by atoms with van der Waals surface area (Å²) in [7, 11) is -3.60. The van der Waals surface area contributed by atoms with Crippen molar-refractivity contribution in [2.45, 2.75) is 18.6 Å². The summed E-state index contributed by atoms with van der Waals surface area (Å²) in [6.45, 7) is 2.55. The second kappa shape index (κ2) is 4.88. The van der Waals surface area contributed by atoms with Crippen LogP contribution in [0.2, 0.25) is 0 Å². The number of nitrogens with one attached hydrogen (secondary N) is 2. The summed E-state index contributed by atoms with van der Waals surface area (Å²) in [5.41, 5.74) is 5.53. The van der Waals surface area contributed by atoms with Crippen molar-refractivity contribution in [2.75, 3.05) is 11.6 Å². The van der Waals surface area contributed by atoms with E-state index in [4.69, 9.17) is 10.9 Å². The lowest BCUT2D eigenvalue weighted by atomic mass is 10.2. The second-order valence-electron chi connectivity index (χ2n) is 4.38. The highest BCUT2D eigenvalue weighted by Crippen LogP contribution is 2.19. The number of anilines is 1. The number of oxime groups is 1. The smallest absolute Gasteiger partial charge is 0.246 e. The number of amides is 1. The minimum atomic E-state index is -3.60. The number of carbonyl (C=O) groups excluding carboxylic acids is 1. The molecule has 0 spiro atoms.